The first-order valence-electron chi connectivity index (χ1n) is 19.3. The fraction of sp³-hybridized carbons (Fsp3) is 0.585. The molecule has 2 N–H and O–H groups in total. The Morgan fingerprint density at radius 3 is 2.27 bits per heavy atom. The fourth-order valence-electron chi connectivity index (χ4n) is 8.60. The number of nitrogens with zero attached hydrogens (tertiary/aromatic N) is 3. The smallest absolute Gasteiger partial charge is 0.321 e. The second-order valence-corrected chi connectivity index (χ2v) is 15.5. The predicted octanol–water partition coefficient (Wildman–Crippen LogP) is 5.38. The molecule has 11 nitrogen and oxygen atoms in total. The topological polar surface area (TPSA) is 140 Å². The van der Waals surface area contributed by atoms with E-state index in [1.165, 1.54) is 0 Å². The number of rotatable bonds is 7. The SMILES string of the molecule is CC1(C)C(=O)N(C2CCN(C(=O)[C@H](CCc3ccccc3)N3CCCC[C@]34OC(=O)CCCCCC[C@@H](C(N)=O)CC(=O)O4)CC2)c2ccccc21. The molecule has 3 saturated heterocycles. The van der Waals surface area contributed by atoms with Crippen molar-refractivity contribution in [2.24, 2.45) is 11.7 Å². The van der Waals surface area contributed by atoms with Crippen LogP contribution in [0.4, 0.5) is 5.69 Å². The van der Waals surface area contributed by atoms with Gasteiger partial charge in [-0.05, 0) is 82.4 Å². The van der Waals surface area contributed by atoms with Gasteiger partial charge in [0.2, 0.25) is 17.7 Å². The van der Waals surface area contributed by atoms with Crippen LogP contribution in [-0.2, 0) is 45.3 Å². The number of esters is 2. The van der Waals surface area contributed by atoms with E-state index in [0.717, 1.165) is 42.5 Å². The van der Waals surface area contributed by atoms with E-state index < -0.39 is 41.1 Å². The maximum atomic E-state index is 14.8. The second kappa shape index (κ2) is 16.2. The lowest BCUT2D eigenvalue weighted by molar-refractivity contribution is -0.307. The largest absolute Gasteiger partial charge is 0.408 e. The number of benzene rings is 2. The average molecular weight is 715 g/mol. The highest BCUT2D eigenvalue weighted by Crippen LogP contribution is 2.44. The minimum Gasteiger partial charge on any atom is -0.408 e. The Balaban J connectivity index is 1.27. The minimum atomic E-state index is -1.78. The third-order valence-corrected chi connectivity index (χ3v) is 11.6. The first kappa shape index (κ1) is 37.5. The summed E-state index contributed by atoms with van der Waals surface area (Å²) in [4.78, 5) is 73.5. The van der Waals surface area contributed by atoms with Crippen LogP contribution in [0.25, 0.3) is 0 Å². The highest BCUT2D eigenvalue weighted by Gasteiger charge is 2.52. The zero-order valence-corrected chi connectivity index (χ0v) is 30.7. The molecular weight excluding hydrogens is 660 g/mol. The summed E-state index contributed by atoms with van der Waals surface area (Å²) >= 11 is 0. The number of carbonyl (C=O) groups excluding carboxylic acids is 5. The van der Waals surface area contributed by atoms with Gasteiger partial charge in [-0.1, -0.05) is 67.8 Å². The molecule has 52 heavy (non-hydrogen) atoms. The van der Waals surface area contributed by atoms with E-state index in [1.54, 1.807) is 0 Å². The van der Waals surface area contributed by atoms with Gasteiger partial charge in [-0.25, -0.2) is 4.90 Å². The first-order chi connectivity index (χ1) is 25.0. The van der Waals surface area contributed by atoms with Crippen LogP contribution >= 0.6 is 0 Å². The van der Waals surface area contributed by atoms with Crippen molar-refractivity contribution in [1.29, 1.82) is 0 Å². The molecule has 2 aromatic carbocycles. The van der Waals surface area contributed by atoms with E-state index in [1.807, 2.05) is 83.1 Å². The van der Waals surface area contributed by atoms with Crippen molar-refractivity contribution >= 4 is 35.3 Å². The van der Waals surface area contributed by atoms with Gasteiger partial charge in [0.25, 0.3) is 0 Å². The van der Waals surface area contributed by atoms with Gasteiger partial charge < -0.3 is 25.0 Å². The lowest BCUT2D eigenvalue weighted by atomic mass is 9.86. The fourth-order valence-corrected chi connectivity index (χ4v) is 8.60. The molecule has 4 heterocycles. The number of likely N-dealkylation sites (tertiary alicyclic amines) is 2. The van der Waals surface area contributed by atoms with Gasteiger partial charge in [-0.15, -0.1) is 0 Å². The third kappa shape index (κ3) is 8.04. The van der Waals surface area contributed by atoms with Gasteiger partial charge in [-0.2, -0.15) is 0 Å². The summed E-state index contributed by atoms with van der Waals surface area (Å²) in [5, 5.41) is 0. The van der Waals surface area contributed by atoms with E-state index in [2.05, 4.69) is 0 Å². The van der Waals surface area contributed by atoms with Gasteiger partial charge in [-0.3, -0.25) is 24.0 Å². The van der Waals surface area contributed by atoms with Crippen molar-refractivity contribution in [3.63, 3.8) is 0 Å². The lowest BCUT2D eigenvalue weighted by Crippen LogP contribution is -2.64. The predicted molar refractivity (Wildman–Crippen MR) is 196 cm³/mol. The summed E-state index contributed by atoms with van der Waals surface area (Å²) in [5.41, 5.74) is 8.12. The minimum absolute atomic E-state index is 0.0425. The van der Waals surface area contributed by atoms with Crippen molar-refractivity contribution in [2.75, 3.05) is 24.5 Å². The number of anilines is 1. The highest BCUT2D eigenvalue weighted by molar-refractivity contribution is 6.08. The van der Waals surface area contributed by atoms with Crippen molar-refractivity contribution in [2.45, 2.75) is 127 Å². The Morgan fingerprint density at radius 2 is 1.52 bits per heavy atom. The van der Waals surface area contributed by atoms with E-state index >= 15 is 0 Å². The molecular formula is C41H54N4O7. The molecule has 1 spiro atoms. The maximum absolute atomic E-state index is 14.8. The molecule has 0 aromatic heterocycles. The normalized spacial score (nSPS) is 25.7. The Hall–Kier alpha value is -4.25. The Kier molecular flexibility index (Phi) is 11.7. The zero-order valence-electron chi connectivity index (χ0n) is 30.7. The summed E-state index contributed by atoms with van der Waals surface area (Å²) in [6, 6.07) is 17.1. The highest BCUT2D eigenvalue weighted by atomic mass is 16.8. The molecule has 11 heteroatoms. The molecule has 0 radical (unpaired) electrons. The number of para-hydroxylation sites is 1. The van der Waals surface area contributed by atoms with E-state index in [9.17, 15) is 24.0 Å². The number of hydrogen-bond acceptors (Lipinski definition) is 8. The van der Waals surface area contributed by atoms with Crippen LogP contribution in [0, 0.1) is 5.92 Å². The summed E-state index contributed by atoms with van der Waals surface area (Å²) in [6.45, 7) is 5.24. The number of ether oxygens (including phenoxy) is 2. The molecule has 6 rings (SSSR count). The maximum Gasteiger partial charge on any atom is 0.321 e. The number of piperidine rings is 2. The monoisotopic (exact) mass is 714 g/mol. The van der Waals surface area contributed by atoms with Gasteiger partial charge in [0.05, 0.1) is 17.9 Å². The first-order valence-corrected chi connectivity index (χ1v) is 19.3. The van der Waals surface area contributed by atoms with Gasteiger partial charge >= 0.3 is 17.8 Å². The van der Waals surface area contributed by atoms with Crippen LogP contribution in [0.15, 0.2) is 54.6 Å². The van der Waals surface area contributed by atoms with Crippen molar-refractivity contribution < 1.29 is 33.4 Å². The van der Waals surface area contributed by atoms with Crippen LogP contribution in [0.3, 0.4) is 0 Å². The number of carbonyl (C=O) groups is 5. The average Bonchev–Trinajstić information content (AvgIpc) is 3.34. The molecule has 3 atom stereocenters. The number of aryl methyl sites for hydroxylation is 1. The number of nitrogens with two attached hydrogens (primary N) is 1. The molecule has 0 unspecified atom stereocenters. The van der Waals surface area contributed by atoms with Crippen LogP contribution in [0.1, 0.15) is 108 Å². The molecule has 0 aliphatic carbocycles. The summed E-state index contributed by atoms with van der Waals surface area (Å²) < 4.78 is 12.4. The van der Waals surface area contributed by atoms with E-state index in [-0.39, 0.29) is 37.1 Å². The molecule has 3 amide bonds. The Bertz CT molecular complexity index is 1620. The number of fused-ring (bicyclic) bond motifs is 1. The quantitative estimate of drug-likeness (QED) is 0.378. The number of primary amides is 1. The molecule has 0 saturated carbocycles. The van der Waals surface area contributed by atoms with Gasteiger partial charge in [0.1, 0.15) is 0 Å². The van der Waals surface area contributed by atoms with E-state index in [4.69, 9.17) is 15.2 Å². The third-order valence-electron chi connectivity index (χ3n) is 11.6. The standard InChI is InChI=1S/C41H54N4O7/c1-40(2)32-17-10-11-18-33(32)45(39(40)50)31-22-26-43(27-23-31)38(49)34(21-20-29-14-6-5-7-15-29)44-25-13-12-24-41(44)51-35(46)19-9-4-3-8-16-30(37(42)48)28-36(47)52-41/h5-7,10-11,14-15,17-18,30-31,34H,3-4,8-9,12-13,16,19-28H2,1-2H3,(H2,42,48)/t30-,34+,41-/m1/s1. The van der Waals surface area contributed by atoms with Crippen LogP contribution in [0.2, 0.25) is 0 Å². The summed E-state index contributed by atoms with van der Waals surface area (Å²) in [7, 11) is 0. The van der Waals surface area contributed by atoms with Crippen molar-refractivity contribution in [3.05, 3.63) is 65.7 Å². The van der Waals surface area contributed by atoms with E-state index in [0.29, 0.717) is 64.6 Å². The van der Waals surface area contributed by atoms with Crippen molar-refractivity contribution in [1.82, 2.24) is 9.80 Å². The lowest BCUT2D eigenvalue weighted by Gasteiger charge is -2.48. The van der Waals surface area contributed by atoms with Gasteiger partial charge in [0, 0.05) is 50.1 Å². The molecule has 0 bridgehead atoms. The molecule has 3 fully saturated rings. The molecule has 2 aromatic rings. The van der Waals surface area contributed by atoms with Crippen LogP contribution < -0.4 is 10.6 Å². The second-order valence-electron chi connectivity index (χ2n) is 15.5. The van der Waals surface area contributed by atoms with Gasteiger partial charge in [0.15, 0.2) is 0 Å². The summed E-state index contributed by atoms with van der Waals surface area (Å²) in [5.74, 6) is -4.20. The number of hydrogen-bond donors (Lipinski definition) is 1. The molecule has 4 aliphatic rings. The van der Waals surface area contributed by atoms with Crippen molar-refractivity contribution in [3.8, 4) is 0 Å². The zero-order chi connectivity index (χ0) is 36.9. The Morgan fingerprint density at radius 1 is 0.827 bits per heavy atom. The summed E-state index contributed by atoms with van der Waals surface area (Å²) in [6.07, 6.45) is 7.15. The molecule has 4 aliphatic heterocycles. The Labute approximate surface area is 307 Å². The number of amides is 3. The van der Waals surface area contributed by atoms with Crippen LogP contribution in [-0.4, -0.2) is 77.1 Å². The molecule has 280 valence electrons. The van der Waals surface area contributed by atoms with Crippen LogP contribution in [0.5, 0.6) is 0 Å².